The molecule has 0 aromatic heterocycles. The highest BCUT2D eigenvalue weighted by atomic mass is 19.4. The lowest BCUT2D eigenvalue weighted by Gasteiger charge is -2.36. The van der Waals surface area contributed by atoms with Gasteiger partial charge in [0, 0.05) is 31.9 Å². The van der Waals surface area contributed by atoms with E-state index in [-0.39, 0.29) is 18.0 Å². The molecule has 1 saturated heterocycles. The third-order valence-electron chi connectivity index (χ3n) is 5.40. The van der Waals surface area contributed by atoms with E-state index in [0.717, 1.165) is 28.9 Å². The van der Waals surface area contributed by atoms with Crippen molar-refractivity contribution in [2.75, 3.05) is 42.9 Å². The van der Waals surface area contributed by atoms with Crippen LogP contribution in [-0.4, -0.2) is 43.5 Å². The molecule has 30 heavy (non-hydrogen) atoms. The van der Waals surface area contributed by atoms with Gasteiger partial charge in [-0.1, -0.05) is 12.1 Å². The Morgan fingerprint density at radius 2 is 1.83 bits per heavy atom. The van der Waals surface area contributed by atoms with Gasteiger partial charge in [0.05, 0.1) is 23.4 Å². The predicted molar refractivity (Wildman–Crippen MR) is 109 cm³/mol. The Morgan fingerprint density at radius 1 is 1.13 bits per heavy atom. The molecule has 1 heterocycles. The monoisotopic (exact) mass is 416 g/mol. The summed E-state index contributed by atoms with van der Waals surface area (Å²) < 4.78 is 38.7. The van der Waals surface area contributed by atoms with Crippen LogP contribution in [0, 0.1) is 25.2 Å². The van der Waals surface area contributed by atoms with Crippen LogP contribution in [0.15, 0.2) is 36.4 Å². The Labute approximate surface area is 173 Å². The zero-order valence-corrected chi connectivity index (χ0v) is 16.9. The lowest BCUT2D eigenvalue weighted by Crippen LogP contribution is -2.48. The topological polar surface area (TPSA) is 59.4 Å². The highest BCUT2D eigenvalue weighted by Crippen LogP contribution is 2.33. The van der Waals surface area contributed by atoms with E-state index >= 15 is 0 Å². The zero-order valence-electron chi connectivity index (χ0n) is 16.9. The number of rotatable bonds is 4. The maximum atomic E-state index is 12.9. The first-order valence-corrected chi connectivity index (χ1v) is 9.64. The largest absolute Gasteiger partial charge is 0.416 e. The van der Waals surface area contributed by atoms with E-state index in [9.17, 15) is 23.2 Å². The fourth-order valence-corrected chi connectivity index (χ4v) is 3.50. The first kappa shape index (κ1) is 21.7. The average Bonchev–Trinajstić information content (AvgIpc) is 2.71. The van der Waals surface area contributed by atoms with Crippen molar-refractivity contribution in [3.63, 3.8) is 0 Å². The van der Waals surface area contributed by atoms with Crippen molar-refractivity contribution >= 4 is 17.3 Å². The number of hydrogen-bond acceptors (Lipinski definition) is 4. The number of halogens is 3. The summed E-state index contributed by atoms with van der Waals surface area (Å²) in [5.41, 5.74) is 2.59. The Morgan fingerprint density at radius 3 is 2.47 bits per heavy atom. The molecule has 0 unspecified atom stereocenters. The Kier molecular flexibility index (Phi) is 6.32. The van der Waals surface area contributed by atoms with E-state index in [1.807, 2.05) is 47.9 Å². The van der Waals surface area contributed by atoms with Gasteiger partial charge in [0.1, 0.15) is 6.07 Å². The Balaban J connectivity index is 1.59. The third kappa shape index (κ3) is 4.92. The first-order valence-electron chi connectivity index (χ1n) is 9.64. The molecule has 0 atom stereocenters. The minimum Gasteiger partial charge on any atom is -0.368 e. The minimum absolute atomic E-state index is 0.00550. The van der Waals surface area contributed by atoms with E-state index in [2.05, 4.69) is 5.32 Å². The smallest absolute Gasteiger partial charge is 0.368 e. The number of nitriles is 1. The number of alkyl halides is 3. The molecule has 0 bridgehead atoms. The van der Waals surface area contributed by atoms with E-state index in [1.54, 1.807) is 0 Å². The van der Waals surface area contributed by atoms with E-state index in [4.69, 9.17) is 0 Å². The van der Waals surface area contributed by atoms with Crippen molar-refractivity contribution in [3.8, 4) is 6.07 Å². The maximum absolute atomic E-state index is 12.9. The van der Waals surface area contributed by atoms with Gasteiger partial charge >= 0.3 is 6.18 Å². The van der Waals surface area contributed by atoms with Crippen LogP contribution in [0.4, 0.5) is 24.5 Å². The van der Waals surface area contributed by atoms with Crippen LogP contribution < -0.4 is 10.2 Å². The van der Waals surface area contributed by atoms with Crippen LogP contribution in [0.2, 0.25) is 0 Å². The van der Waals surface area contributed by atoms with Crippen molar-refractivity contribution in [1.29, 1.82) is 5.26 Å². The predicted octanol–water partition coefficient (Wildman–Crippen LogP) is 3.95. The highest BCUT2D eigenvalue weighted by Gasteiger charge is 2.31. The third-order valence-corrected chi connectivity index (χ3v) is 5.40. The molecule has 158 valence electrons. The van der Waals surface area contributed by atoms with E-state index < -0.39 is 11.7 Å². The number of carbonyl (C=O) groups excluding carboxylic acids is 1. The van der Waals surface area contributed by atoms with Gasteiger partial charge in [0.25, 0.3) is 0 Å². The standard InChI is InChI=1S/C22H23F3N4O/c1-15-4-3-5-19(16(15)2)27-21(30)14-28-8-10-29(11-9-28)20-7-6-18(22(23,24)25)12-17(20)13-26/h3-7,12H,8-11,14H2,1-2H3,(H,27,30). The van der Waals surface area contributed by atoms with E-state index in [1.165, 1.54) is 6.07 Å². The number of aryl methyl sites for hydroxylation is 1. The van der Waals surface area contributed by atoms with Crippen molar-refractivity contribution in [2.45, 2.75) is 20.0 Å². The van der Waals surface area contributed by atoms with E-state index in [0.29, 0.717) is 31.9 Å². The second-order valence-electron chi connectivity index (χ2n) is 7.40. The number of amides is 1. The van der Waals surface area contributed by atoms with Crippen molar-refractivity contribution in [2.24, 2.45) is 0 Å². The van der Waals surface area contributed by atoms with Gasteiger partial charge in [-0.25, -0.2) is 0 Å². The molecule has 1 N–H and O–H groups in total. The van der Waals surface area contributed by atoms with Crippen LogP contribution in [0.1, 0.15) is 22.3 Å². The summed E-state index contributed by atoms with van der Waals surface area (Å²) in [7, 11) is 0. The van der Waals surface area contributed by atoms with Crippen molar-refractivity contribution < 1.29 is 18.0 Å². The molecule has 1 aliphatic rings. The summed E-state index contributed by atoms with van der Waals surface area (Å²) in [6.45, 7) is 6.38. The fourth-order valence-electron chi connectivity index (χ4n) is 3.50. The lowest BCUT2D eigenvalue weighted by molar-refractivity contribution is -0.137. The number of anilines is 2. The van der Waals surface area contributed by atoms with Gasteiger partial charge in [-0.3, -0.25) is 9.69 Å². The minimum atomic E-state index is -4.48. The van der Waals surface area contributed by atoms with Gasteiger partial charge in [-0.05, 0) is 49.2 Å². The molecule has 0 radical (unpaired) electrons. The summed E-state index contributed by atoms with van der Waals surface area (Å²) in [4.78, 5) is 16.3. The second-order valence-corrected chi connectivity index (χ2v) is 7.40. The number of hydrogen-bond donors (Lipinski definition) is 1. The molecule has 1 aliphatic heterocycles. The quantitative estimate of drug-likeness (QED) is 0.820. The molecule has 0 aliphatic carbocycles. The van der Waals surface area contributed by atoms with Gasteiger partial charge < -0.3 is 10.2 Å². The molecule has 5 nitrogen and oxygen atoms in total. The SMILES string of the molecule is Cc1cccc(NC(=O)CN2CCN(c3ccc(C(F)(F)F)cc3C#N)CC2)c1C. The second kappa shape index (κ2) is 8.76. The highest BCUT2D eigenvalue weighted by molar-refractivity contribution is 5.93. The summed E-state index contributed by atoms with van der Waals surface area (Å²) in [5.74, 6) is -0.107. The molecule has 0 spiro atoms. The number of nitrogens with one attached hydrogen (secondary N) is 1. The van der Waals surface area contributed by atoms with Crippen LogP contribution >= 0.6 is 0 Å². The molecular formula is C22H23F3N4O. The van der Waals surface area contributed by atoms with Crippen molar-refractivity contribution in [3.05, 3.63) is 58.7 Å². The lowest BCUT2D eigenvalue weighted by atomic mass is 10.1. The maximum Gasteiger partial charge on any atom is 0.416 e. The van der Waals surface area contributed by atoms with Gasteiger partial charge in [0.15, 0.2) is 0 Å². The molecular weight excluding hydrogens is 393 g/mol. The molecule has 1 amide bonds. The number of nitrogens with zero attached hydrogens (tertiary/aromatic N) is 3. The van der Waals surface area contributed by atoms with Gasteiger partial charge in [-0.2, -0.15) is 18.4 Å². The van der Waals surface area contributed by atoms with Crippen LogP contribution in [0.25, 0.3) is 0 Å². The van der Waals surface area contributed by atoms with Gasteiger partial charge in [0.2, 0.25) is 5.91 Å². The molecule has 8 heteroatoms. The summed E-state index contributed by atoms with van der Waals surface area (Å²) >= 11 is 0. The molecule has 2 aromatic rings. The summed E-state index contributed by atoms with van der Waals surface area (Å²) in [6, 6.07) is 10.9. The number of piperazine rings is 1. The Hall–Kier alpha value is -3.05. The van der Waals surface area contributed by atoms with Crippen LogP contribution in [0.3, 0.4) is 0 Å². The number of benzene rings is 2. The zero-order chi connectivity index (χ0) is 21.9. The Bertz CT molecular complexity index is 973. The fraction of sp³-hybridized carbons (Fsp3) is 0.364. The molecule has 3 rings (SSSR count). The molecule has 0 saturated carbocycles. The van der Waals surface area contributed by atoms with Crippen LogP contribution in [-0.2, 0) is 11.0 Å². The molecule has 1 fully saturated rings. The average molecular weight is 416 g/mol. The van der Waals surface area contributed by atoms with Crippen molar-refractivity contribution in [1.82, 2.24) is 4.90 Å². The van der Waals surface area contributed by atoms with Gasteiger partial charge in [-0.15, -0.1) is 0 Å². The number of carbonyl (C=O) groups is 1. The molecule has 2 aromatic carbocycles. The first-order chi connectivity index (χ1) is 14.2. The van der Waals surface area contributed by atoms with Crippen LogP contribution in [0.5, 0.6) is 0 Å². The summed E-state index contributed by atoms with van der Waals surface area (Å²) in [5, 5.41) is 12.2. The normalized spacial score (nSPS) is 15.0. The summed E-state index contributed by atoms with van der Waals surface area (Å²) in [6.07, 6.45) is -4.48.